The average molecular weight is 238 g/mol. The Hall–Kier alpha value is -0.330. The molecule has 2 heterocycles. The Bertz CT molecular complexity index is 235. The highest BCUT2D eigenvalue weighted by Gasteiger charge is 2.46. The standard InChI is InChI=1S/C10H17F3N2O/c11-10(12,13)9(3-4-14)15-5-7-1-2-8(6-15)16-7/h7-9H,1-6,14H2. The second-order valence-electron chi connectivity index (χ2n) is 4.55. The van der Waals surface area contributed by atoms with Crippen molar-refractivity contribution in [3.63, 3.8) is 0 Å². The molecule has 0 aliphatic carbocycles. The second-order valence-corrected chi connectivity index (χ2v) is 4.55. The number of morpholine rings is 1. The zero-order valence-corrected chi connectivity index (χ0v) is 9.04. The van der Waals surface area contributed by atoms with Crippen LogP contribution in [0.15, 0.2) is 0 Å². The van der Waals surface area contributed by atoms with Gasteiger partial charge in [0.25, 0.3) is 0 Å². The third-order valence-corrected chi connectivity index (χ3v) is 3.33. The van der Waals surface area contributed by atoms with Crippen molar-refractivity contribution in [2.24, 2.45) is 5.73 Å². The normalized spacial score (nSPS) is 33.0. The molecule has 6 heteroatoms. The number of alkyl halides is 3. The van der Waals surface area contributed by atoms with Gasteiger partial charge in [-0.05, 0) is 25.8 Å². The largest absolute Gasteiger partial charge is 0.404 e. The Balaban J connectivity index is 2.03. The van der Waals surface area contributed by atoms with Gasteiger partial charge in [-0.2, -0.15) is 13.2 Å². The summed E-state index contributed by atoms with van der Waals surface area (Å²) in [5, 5.41) is 0. The quantitative estimate of drug-likeness (QED) is 0.801. The number of hydrogen-bond acceptors (Lipinski definition) is 3. The van der Waals surface area contributed by atoms with Crippen molar-refractivity contribution in [2.75, 3.05) is 19.6 Å². The van der Waals surface area contributed by atoms with Crippen LogP contribution < -0.4 is 5.73 Å². The molecule has 0 aromatic carbocycles. The first kappa shape index (κ1) is 12.1. The van der Waals surface area contributed by atoms with Crippen LogP contribution in [-0.2, 0) is 4.74 Å². The summed E-state index contributed by atoms with van der Waals surface area (Å²) in [4.78, 5) is 1.50. The van der Waals surface area contributed by atoms with Gasteiger partial charge in [0.05, 0.1) is 12.2 Å². The van der Waals surface area contributed by atoms with Gasteiger partial charge in [0.2, 0.25) is 0 Å². The van der Waals surface area contributed by atoms with Crippen molar-refractivity contribution >= 4 is 0 Å². The lowest BCUT2D eigenvalue weighted by Gasteiger charge is -2.38. The molecule has 0 radical (unpaired) electrons. The average Bonchev–Trinajstić information content (AvgIpc) is 2.52. The molecule has 3 unspecified atom stereocenters. The molecule has 2 fully saturated rings. The molecular weight excluding hydrogens is 221 g/mol. The smallest absolute Gasteiger partial charge is 0.372 e. The van der Waals surface area contributed by atoms with Crippen LogP contribution >= 0.6 is 0 Å². The van der Waals surface area contributed by atoms with E-state index in [1.54, 1.807) is 0 Å². The summed E-state index contributed by atoms with van der Waals surface area (Å²) in [7, 11) is 0. The Morgan fingerprint density at radius 1 is 1.25 bits per heavy atom. The number of rotatable bonds is 3. The summed E-state index contributed by atoms with van der Waals surface area (Å²) in [5.74, 6) is 0. The molecule has 2 aliphatic rings. The van der Waals surface area contributed by atoms with E-state index in [-0.39, 0.29) is 25.2 Å². The molecule has 16 heavy (non-hydrogen) atoms. The maximum absolute atomic E-state index is 12.8. The van der Waals surface area contributed by atoms with Gasteiger partial charge >= 0.3 is 6.18 Å². The maximum atomic E-state index is 12.8. The minimum Gasteiger partial charge on any atom is -0.372 e. The fourth-order valence-corrected chi connectivity index (χ4v) is 2.61. The van der Waals surface area contributed by atoms with E-state index in [1.165, 1.54) is 4.90 Å². The third-order valence-electron chi connectivity index (χ3n) is 3.33. The van der Waals surface area contributed by atoms with E-state index in [0.717, 1.165) is 12.8 Å². The highest BCUT2D eigenvalue weighted by Crippen LogP contribution is 2.33. The molecule has 2 saturated heterocycles. The molecule has 2 aliphatic heterocycles. The van der Waals surface area contributed by atoms with Crippen LogP contribution in [-0.4, -0.2) is 49.0 Å². The number of nitrogens with zero attached hydrogens (tertiary/aromatic N) is 1. The van der Waals surface area contributed by atoms with Crippen molar-refractivity contribution in [1.29, 1.82) is 0 Å². The summed E-state index contributed by atoms with van der Waals surface area (Å²) < 4.78 is 44.0. The molecule has 2 N–H and O–H groups in total. The first-order valence-electron chi connectivity index (χ1n) is 5.67. The highest BCUT2D eigenvalue weighted by molar-refractivity contribution is 4.90. The lowest BCUT2D eigenvalue weighted by Crippen LogP contribution is -2.54. The predicted molar refractivity (Wildman–Crippen MR) is 53.0 cm³/mol. The molecule has 0 aromatic heterocycles. The minimum absolute atomic E-state index is 0.0126. The lowest BCUT2D eigenvalue weighted by molar-refractivity contribution is -0.199. The molecule has 0 amide bonds. The van der Waals surface area contributed by atoms with Crippen molar-refractivity contribution in [2.45, 2.75) is 43.7 Å². The third kappa shape index (κ3) is 2.49. The summed E-state index contributed by atoms with van der Waals surface area (Å²) >= 11 is 0. The van der Waals surface area contributed by atoms with Crippen molar-refractivity contribution in [3.05, 3.63) is 0 Å². The summed E-state index contributed by atoms with van der Waals surface area (Å²) in [6.45, 7) is 0.845. The molecular formula is C10H17F3N2O. The number of likely N-dealkylation sites (tertiary alicyclic amines) is 1. The van der Waals surface area contributed by atoms with Gasteiger partial charge in [0, 0.05) is 13.1 Å². The van der Waals surface area contributed by atoms with Crippen LogP contribution in [0, 0.1) is 0 Å². The number of halogens is 3. The number of nitrogens with two attached hydrogens (primary N) is 1. The van der Waals surface area contributed by atoms with E-state index >= 15 is 0 Å². The van der Waals surface area contributed by atoms with Crippen LogP contribution in [0.2, 0.25) is 0 Å². The zero-order valence-electron chi connectivity index (χ0n) is 9.04. The van der Waals surface area contributed by atoms with Crippen LogP contribution in [0.3, 0.4) is 0 Å². The van der Waals surface area contributed by atoms with E-state index in [9.17, 15) is 13.2 Å². The van der Waals surface area contributed by atoms with Gasteiger partial charge in [0.15, 0.2) is 0 Å². The maximum Gasteiger partial charge on any atom is 0.404 e. The molecule has 2 bridgehead atoms. The Labute approximate surface area is 92.7 Å². The van der Waals surface area contributed by atoms with Crippen molar-refractivity contribution < 1.29 is 17.9 Å². The SMILES string of the molecule is NCCC(N1CC2CCC(C1)O2)C(F)(F)F. The van der Waals surface area contributed by atoms with Gasteiger partial charge in [0.1, 0.15) is 6.04 Å². The highest BCUT2D eigenvalue weighted by atomic mass is 19.4. The predicted octanol–water partition coefficient (Wildman–Crippen LogP) is 1.13. The Morgan fingerprint density at radius 2 is 1.81 bits per heavy atom. The van der Waals surface area contributed by atoms with Crippen LogP contribution in [0.5, 0.6) is 0 Å². The fraction of sp³-hybridized carbons (Fsp3) is 1.00. The first-order chi connectivity index (χ1) is 7.50. The van der Waals surface area contributed by atoms with Crippen molar-refractivity contribution in [1.82, 2.24) is 4.90 Å². The summed E-state index contributed by atoms with van der Waals surface area (Å²) in [6, 6.07) is -1.40. The zero-order chi connectivity index (χ0) is 11.8. The number of fused-ring (bicyclic) bond motifs is 2. The number of ether oxygens (including phenoxy) is 1. The van der Waals surface area contributed by atoms with Crippen molar-refractivity contribution in [3.8, 4) is 0 Å². The molecule has 94 valence electrons. The molecule has 0 aromatic rings. The van der Waals surface area contributed by atoms with E-state index in [0.29, 0.717) is 13.1 Å². The van der Waals surface area contributed by atoms with E-state index in [4.69, 9.17) is 10.5 Å². The Kier molecular flexibility index (Phi) is 3.42. The summed E-state index contributed by atoms with van der Waals surface area (Å²) in [5.41, 5.74) is 5.26. The molecule has 2 rings (SSSR count). The second kappa shape index (κ2) is 4.50. The van der Waals surface area contributed by atoms with Crippen LogP contribution in [0.25, 0.3) is 0 Å². The first-order valence-corrected chi connectivity index (χ1v) is 5.67. The topological polar surface area (TPSA) is 38.5 Å². The van der Waals surface area contributed by atoms with Gasteiger partial charge < -0.3 is 10.5 Å². The van der Waals surface area contributed by atoms with E-state index in [2.05, 4.69) is 0 Å². The lowest BCUT2D eigenvalue weighted by atomic mass is 10.1. The number of hydrogen-bond donors (Lipinski definition) is 1. The summed E-state index contributed by atoms with van der Waals surface area (Å²) in [6.07, 6.45) is -2.47. The van der Waals surface area contributed by atoms with Crippen LogP contribution in [0.1, 0.15) is 19.3 Å². The van der Waals surface area contributed by atoms with Crippen LogP contribution in [0.4, 0.5) is 13.2 Å². The van der Waals surface area contributed by atoms with Gasteiger partial charge in [-0.15, -0.1) is 0 Å². The van der Waals surface area contributed by atoms with Gasteiger partial charge in [-0.25, -0.2) is 0 Å². The van der Waals surface area contributed by atoms with E-state index in [1.807, 2.05) is 0 Å². The van der Waals surface area contributed by atoms with Gasteiger partial charge in [-0.3, -0.25) is 4.90 Å². The fourth-order valence-electron chi connectivity index (χ4n) is 2.61. The monoisotopic (exact) mass is 238 g/mol. The molecule has 3 nitrogen and oxygen atoms in total. The Morgan fingerprint density at radius 3 is 2.25 bits per heavy atom. The minimum atomic E-state index is -4.18. The molecule has 3 atom stereocenters. The van der Waals surface area contributed by atoms with Gasteiger partial charge in [-0.1, -0.05) is 0 Å². The van der Waals surface area contributed by atoms with E-state index < -0.39 is 12.2 Å². The molecule has 0 spiro atoms. The molecule has 0 saturated carbocycles.